The Labute approximate surface area is 146 Å². The molecule has 0 unspecified atom stereocenters. The molecule has 4 nitrogen and oxygen atoms in total. The van der Waals surface area contributed by atoms with Crippen molar-refractivity contribution in [2.24, 2.45) is 0 Å². The predicted molar refractivity (Wildman–Crippen MR) is 95.1 cm³/mol. The number of halogens is 1. The number of piperazine rings is 1. The fourth-order valence-electron chi connectivity index (χ4n) is 3.25. The molecule has 3 rings (SSSR count). The maximum absolute atomic E-state index is 13.4. The van der Waals surface area contributed by atoms with Gasteiger partial charge in [-0.15, -0.1) is 0 Å². The summed E-state index contributed by atoms with van der Waals surface area (Å²) >= 11 is 0. The van der Waals surface area contributed by atoms with E-state index in [1.807, 2.05) is 24.3 Å². The second-order valence-electron chi connectivity index (χ2n) is 6.16. The van der Waals surface area contributed by atoms with E-state index in [1.54, 1.807) is 17.9 Å². The van der Waals surface area contributed by atoms with E-state index in [0.717, 1.165) is 17.7 Å². The number of hydrogen-bond acceptors (Lipinski definition) is 2. The van der Waals surface area contributed by atoms with Gasteiger partial charge in [0.15, 0.2) is 0 Å². The molecule has 0 spiro atoms. The molecule has 1 atom stereocenters. The first-order chi connectivity index (χ1) is 12.0. The number of amides is 2. The van der Waals surface area contributed by atoms with Crippen molar-refractivity contribution in [3.8, 4) is 0 Å². The number of anilines is 1. The fourth-order valence-corrected chi connectivity index (χ4v) is 3.25. The number of aryl methyl sites for hydroxylation is 1. The van der Waals surface area contributed by atoms with Gasteiger partial charge in [0.25, 0.3) is 5.91 Å². The monoisotopic (exact) mass is 340 g/mol. The molecule has 0 aliphatic carbocycles. The minimum atomic E-state index is -0.588. The van der Waals surface area contributed by atoms with E-state index < -0.39 is 11.9 Å². The van der Waals surface area contributed by atoms with Crippen LogP contribution in [0.5, 0.6) is 0 Å². The largest absolute Gasteiger partial charge is 0.325 e. The highest BCUT2D eigenvalue weighted by molar-refractivity contribution is 6.03. The molecule has 1 saturated heterocycles. The molecule has 0 saturated carbocycles. The van der Waals surface area contributed by atoms with Gasteiger partial charge >= 0.3 is 0 Å². The van der Waals surface area contributed by atoms with Crippen molar-refractivity contribution in [1.82, 2.24) is 4.90 Å². The molecule has 1 aliphatic heterocycles. The summed E-state index contributed by atoms with van der Waals surface area (Å²) in [6, 6.07) is 12.8. The van der Waals surface area contributed by atoms with Gasteiger partial charge in [-0.2, -0.15) is 0 Å². The predicted octanol–water partition coefficient (Wildman–Crippen LogP) is 3.27. The fraction of sp³-hybridized carbons (Fsp3) is 0.300. The van der Waals surface area contributed by atoms with Gasteiger partial charge in [-0.1, -0.05) is 31.2 Å². The van der Waals surface area contributed by atoms with Crippen LogP contribution in [0.15, 0.2) is 48.5 Å². The first-order valence-electron chi connectivity index (χ1n) is 8.48. The third-order valence-electron chi connectivity index (χ3n) is 4.65. The van der Waals surface area contributed by atoms with Crippen LogP contribution < -0.4 is 4.90 Å². The molecule has 0 N–H and O–H groups in total. The molecule has 2 amide bonds. The molecular formula is C20H21FN2O2. The van der Waals surface area contributed by atoms with Gasteiger partial charge in [0.1, 0.15) is 11.9 Å². The van der Waals surface area contributed by atoms with Crippen LogP contribution >= 0.6 is 0 Å². The second-order valence-corrected chi connectivity index (χ2v) is 6.16. The van der Waals surface area contributed by atoms with Crippen LogP contribution in [0.2, 0.25) is 0 Å². The maximum atomic E-state index is 13.4. The second kappa shape index (κ2) is 7.05. The summed E-state index contributed by atoms with van der Waals surface area (Å²) in [6.07, 6.45) is 0.834. The molecule has 2 aromatic rings. The van der Waals surface area contributed by atoms with Crippen molar-refractivity contribution >= 4 is 17.5 Å². The number of rotatable bonds is 3. The Bertz CT molecular complexity index is 806. The van der Waals surface area contributed by atoms with Gasteiger partial charge in [0, 0.05) is 24.3 Å². The van der Waals surface area contributed by atoms with Gasteiger partial charge in [-0.05, 0) is 43.2 Å². The van der Waals surface area contributed by atoms with E-state index >= 15 is 0 Å². The summed E-state index contributed by atoms with van der Waals surface area (Å²) in [5, 5.41) is 0. The molecule has 0 bridgehead atoms. The topological polar surface area (TPSA) is 40.6 Å². The van der Waals surface area contributed by atoms with Gasteiger partial charge in [0.2, 0.25) is 5.91 Å². The van der Waals surface area contributed by atoms with Crippen molar-refractivity contribution in [3.63, 3.8) is 0 Å². The number of carbonyl (C=O) groups is 2. The first-order valence-corrected chi connectivity index (χ1v) is 8.48. The molecular weight excluding hydrogens is 319 g/mol. The van der Waals surface area contributed by atoms with Gasteiger partial charge in [0.05, 0.1) is 0 Å². The zero-order valence-corrected chi connectivity index (χ0v) is 14.4. The quantitative estimate of drug-likeness (QED) is 0.860. The number of nitrogens with zero attached hydrogens (tertiary/aromatic N) is 2. The Morgan fingerprint density at radius 1 is 1.16 bits per heavy atom. The third kappa shape index (κ3) is 3.27. The Kier molecular flexibility index (Phi) is 4.83. The lowest BCUT2D eigenvalue weighted by molar-refractivity contribution is -0.124. The summed E-state index contributed by atoms with van der Waals surface area (Å²) < 4.78 is 13.4. The molecule has 0 aromatic heterocycles. The number of hydrogen-bond donors (Lipinski definition) is 0. The van der Waals surface area contributed by atoms with Crippen LogP contribution in [0.25, 0.3) is 0 Å². The van der Waals surface area contributed by atoms with Crippen LogP contribution in [-0.4, -0.2) is 35.8 Å². The summed E-state index contributed by atoms with van der Waals surface area (Å²) in [4.78, 5) is 28.8. The van der Waals surface area contributed by atoms with Gasteiger partial charge in [-0.3, -0.25) is 9.59 Å². The van der Waals surface area contributed by atoms with E-state index in [2.05, 4.69) is 6.92 Å². The third-order valence-corrected chi connectivity index (χ3v) is 4.65. The van der Waals surface area contributed by atoms with Gasteiger partial charge < -0.3 is 9.80 Å². The van der Waals surface area contributed by atoms with E-state index in [1.165, 1.54) is 23.1 Å². The molecule has 5 heteroatoms. The molecule has 0 radical (unpaired) electrons. The summed E-state index contributed by atoms with van der Waals surface area (Å²) in [5.74, 6) is -0.888. The van der Waals surface area contributed by atoms with E-state index in [4.69, 9.17) is 0 Å². The Morgan fingerprint density at radius 2 is 1.92 bits per heavy atom. The molecule has 1 heterocycles. The summed E-state index contributed by atoms with van der Waals surface area (Å²) in [7, 11) is 0. The van der Waals surface area contributed by atoms with Crippen molar-refractivity contribution < 1.29 is 14.0 Å². The molecule has 2 aromatic carbocycles. The number of para-hydroxylation sites is 1. The summed E-state index contributed by atoms with van der Waals surface area (Å²) in [6.45, 7) is 4.62. The van der Waals surface area contributed by atoms with Crippen LogP contribution in [0.4, 0.5) is 10.1 Å². The van der Waals surface area contributed by atoms with Crippen LogP contribution in [-0.2, 0) is 11.2 Å². The number of carbonyl (C=O) groups excluding carboxylic acids is 2. The Balaban J connectivity index is 1.83. The first kappa shape index (κ1) is 17.1. The van der Waals surface area contributed by atoms with Gasteiger partial charge in [-0.25, -0.2) is 4.39 Å². The lowest BCUT2D eigenvalue weighted by atomic mass is 10.1. The van der Waals surface area contributed by atoms with Crippen molar-refractivity contribution in [3.05, 3.63) is 65.5 Å². The van der Waals surface area contributed by atoms with E-state index in [9.17, 15) is 14.0 Å². The highest BCUT2D eigenvalue weighted by atomic mass is 19.1. The molecule has 1 fully saturated rings. The Hall–Kier alpha value is -2.69. The highest BCUT2D eigenvalue weighted by Gasteiger charge is 2.35. The molecule has 130 valence electrons. The normalized spacial score (nSPS) is 17.7. The smallest absolute Gasteiger partial charge is 0.254 e. The zero-order chi connectivity index (χ0) is 18.0. The van der Waals surface area contributed by atoms with Crippen LogP contribution in [0, 0.1) is 5.82 Å². The standard InChI is InChI=1S/C20H21FN2O2/c1-3-15-7-4-5-10-18(15)23-12-11-22(14(2)19(23)24)20(25)16-8-6-9-17(21)13-16/h4-10,13-14H,3,11-12H2,1-2H3/t14-/m0/s1. The van der Waals surface area contributed by atoms with Crippen LogP contribution in [0.3, 0.4) is 0 Å². The minimum Gasteiger partial charge on any atom is -0.325 e. The minimum absolute atomic E-state index is 0.114. The SMILES string of the molecule is CCc1ccccc1N1CCN(C(=O)c2cccc(F)c2)[C@@H](C)C1=O. The molecule has 1 aliphatic rings. The van der Waals surface area contributed by atoms with Crippen molar-refractivity contribution in [1.29, 1.82) is 0 Å². The zero-order valence-electron chi connectivity index (χ0n) is 14.4. The highest BCUT2D eigenvalue weighted by Crippen LogP contribution is 2.25. The average molecular weight is 340 g/mol. The van der Waals surface area contributed by atoms with E-state index in [0.29, 0.717) is 13.1 Å². The average Bonchev–Trinajstić information content (AvgIpc) is 2.63. The lowest BCUT2D eigenvalue weighted by Gasteiger charge is -2.39. The summed E-state index contributed by atoms with van der Waals surface area (Å²) in [5.41, 5.74) is 2.27. The molecule has 25 heavy (non-hydrogen) atoms. The van der Waals surface area contributed by atoms with E-state index in [-0.39, 0.29) is 17.4 Å². The van der Waals surface area contributed by atoms with Crippen molar-refractivity contribution in [2.75, 3.05) is 18.0 Å². The maximum Gasteiger partial charge on any atom is 0.254 e. The Morgan fingerprint density at radius 3 is 2.64 bits per heavy atom. The number of benzene rings is 2. The van der Waals surface area contributed by atoms with Crippen LogP contribution in [0.1, 0.15) is 29.8 Å². The van der Waals surface area contributed by atoms with Crippen molar-refractivity contribution in [2.45, 2.75) is 26.3 Å². The lowest BCUT2D eigenvalue weighted by Crippen LogP contribution is -2.58.